The molecule has 0 aromatic heterocycles. The van der Waals surface area contributed by atoms with E-state index in [1.165, 1.54) is 0 Å². The summed E-state index contributed by atoms with van der Waals surface area (Å²) in [6, 6.07) is -0.0933. The fraction of sp³-hybridized carbons (Fsp3) is 0.867. The predicted octanol–water partition coefficient (Wildman–Crippen LogP) is 1.94. The smallest absolute Gasteiger partial charge is 0.317 e. The van der Waals surface area contributed by atoms with Crippen molar-refractivity contribution in [3.8, 4) is 0 Å². The summed E-state index contributed by atoms with van der Waals surface area (Å²) in [5.41, 5.74) is -0.411. The quantitative estimate of drug-likeness (QED) is 0.786. The van der Waals surface area contributed by atoms with Gasteiger partial charge >= 0.3 is 12.0 Å². The third-order valence-corrected chi connectivity index (χ3v) is 4.00. The van der Waals surface area contributed by atoms with Crippen molar-refractivity contribution >= 4 is 12.0 Å². The Morgan fingerprint density at radius 3 is 2.71 bits per heavy atom. The highest BCUT2D eigenvalue weighted by Crippen LogP contribution is 2.26. The molecule has 0 saturated carbocycles. The number of rotatable bonds is 6. The van der Waals surface area contributed by atoms with Crippen LogP contribution in [0.2, 0.25) is 0 Å². The molecule has 1 rings (SSSR count). The van der Waals surface area contributed by atoms with Crippen LogP contribution in [-0.2, 0) is 9.53 Å². The largest absolute Gasteiger partial charge is 0.481 e. The van der Waals surface area contributed by atoms with E-state index < -0.39 is 11.5 Å². The van der Waals surface area contributed by atoms with Crippen LogP contribution in [-0.4, -0.2) is 54.4 Å². The summed E-state index contributed by atoms with van der Waals surface area (Å²) >= 11 is 0. The monoisotopic (exact) mass is 300 g/mol. The summed E-state index contributed by atoms with van der Waals surface area (Å²) in [7, 11) is 1.61. The van der Waals surface area contributed by atoms with Gasteiger partial charge in [-0.3, -0.25) is 4.79 Å². The molecule has 122 valence electrons. The number of nitrogens with one attached hydrogen (secondary N) is 1. The molecule has 0 spiro atoms. The van der Waals surface area contributed by atoms with Gasteiger partial charge < -0.3 is 20.1 Å². The summed E-state index contributed by atoms with van der Waals surface area (Å²) < 4.78 is 5.10. The van der Waals surface area contributed by atoms with Crippen molar-refractivity contribution in [2.75, 3.05) is 26.8 Å². The van der Waals surface area contributed by atoms with E-state index in [1.807, 2.05) is 20.8 Å². The Morgan fingerprint density at radius 2 is 2.14 bits per heavy atom. The highest BCUT2D eigenvalue weighted by molar-refractivity contribution is 5.75. The lowest BCUT2D eigenvalue weighted by molar-refractivity contribution is -0.138. The van der Waals surface area contributed by atoms with Crippen molar-refractivity contribution in [3.05, 3.63) is 0 Å². The first kappa shape index (κ1) is 17.8. The van der Waals surface area contributed by atoms with Crippen LogP contribution < -0.4 is 5.32 Å². The molecule has 2 atom stereocenters. The summed E-state index contributed by atoms with van der Waals surface area (Å²) in [6.07, 6.45) is 2.07. The molecule has 6 nitrogen and oxygen atoms in total. The van der Waals surface area contributed by atoms with Crippen LogP contribution in [0, 0.1) is 11.8 Å². The van der Waals surface area contributed by atoms with Crippen LogP contribution in [0.4, 0.5) is 4.79 Å². The topological polar surface area (TPSA) is 78.9 Å². The number of ether oxygens (including phenoxy) is 1. The van der Waals surface area contributed by atoms with Gasteiger partial charge in [0.25, 0.3) is 0 Å². The summed E-state index contributed by atoms with van der Waals surface area (Å²) in [5, 5.41) is 11.9. The lowest BCUT2D eigenvalue weighted by atomic mass is 9.85. The van der Waals surface area contributed by atoms with Gasteiger partial charge in [0.05, 0.1) is 12.1 Å². The van der Waals surface area contributed by atoms with E-state index in [0.29, 0.717) is 13.2 Å². The van der Waals surface area contributed by atoms with Gasteiger partial charge in [0, 0.05) is 26.6 Å². The summed E-state index contributed by atoms with van der Waals surface area (Å²) in [5.74, 6) is -0.429. The van der Waals surface area contributed by atoms with Crippen LogP contribution in [0.15, 0.2) is 0 Å². The first-order chi connectivity index (χ1) is 9.75. The number of hydrogen-bond acceptors (Lipinski definition) is 3. The Labute approximate surface area is 126 Å². The Morgan fingerprint density at radius 1 is 1.48 bits per heavy atom. The van der Waals surface area contributed by atoms with E-state index in [2.05, 4.69) is 5.32 Å². The molecule has 0 bridgehead atoms. The van der Waals surface area contributed by atoms with E-state index in [9.17, 15) is 9.59 Å². The third kappa shape index (κ3) is 5.91. The number of likely N-dealkylation sites (tertiary alicyclic amines) is 1. The number of carbonyl (C=O) groups is 2. The van der Waals surface area contributed by atoms with Crippen molar-refractivity contribution in [2.45, 2.75) is 45.6 Å². The first-order valence-electron chi connectivity index (χ1n) is 7.53. The Bertz CT molecular complexity index is 371. The SMILES string of the molecule is COCC(C)(C)NC(=O)N1CCCC(C(C)CC(=O)O)C1. The van der Waals surface area contributed by atoms with Crippen LogP contribution in [0.3, 0.4) is 0 Å². The number of piperidine rings is 1. The molecular weight excluding hydrogens is 272 g/mol. The zero-order valence-electron chi connectivity index (χ0n) is 13.5. The standard InChI is InChI=1S/C15H28N2O4/c1-11(8-13(18)19)12-6-5-7-17(9-12)14(20)16-15(2,3)10-21-4/h11-12H,5-10H2,1-4H3,(H,16,20)(H,18,19). The van der Waals surface area contributed by atoms with Crippen molar-refractivity contribution in [2.24, 2.45) is 11.8 Å². The number of amides is 2. The molecule has 2 amide bonds. The van der Waals surface area contributed by atoms with E-state index in [4.69, 9.17) is 9.84 Å². The maximum atomic E-state index is 12.3. The number of hydrogen-bond donors (Lipinski definition) is 2. The molecule has 0 aliphatic carbocycles. The van der Waals surface area contributed by atoms with E-state index in [-0.39, 0.29) is 24.3 Å². The molecule has 1 fully saturated rings. The number of methoxy groups -OCH3 is 1. The lowest BCUT2D eigenvalue weighted by Crippen LogP contribution is -2.54. The molecule has 1 aliphatic rings. The van der Waals surface area contributed by atoms with E-state index in [0.717, 1.165) is 19.4 Å². The lowest BCUT2D eigenvalue weighted by Gasteiger charge is -2.37. The van der Waals surface area contributed by atoms with Crippen LogP contribution in [0.1, 0.15) is 40.0 Å². The van der Waals surface area contributed by atoms with Crippen molar-refractivity contribution in [1.29, 1.82) is 0 Å². The van der Waals surface area contributed by atoms with Gasteiger partial charge in [0.15, 0.2) is 0 Å². The van der Waals surface area contributed by atoms with Gasteiger partial charge in [-0.1, -0.05) is 6.92 Å². The molecule has 0 radical (unpaired) electrons. The number of carbonyl (C=O) groups excluding carboxylic acids is 1. The second-order valence-electron chi connectivity index (χ2n) is 6.67. The van der Waals surface area contributed by atoms with Gasteiger partial charge in [-0.25, -0.2) is 4.79 Å². The first-order valence-corrected chi connectivity index (χ1v) is 7.53. The van der Waals surface area contributed by atoms with Crippen LogP contribution in [0.5, 0.6) is 0 Å². The van der Waals surface area contributed by atoms with Crippen molar-refractivity contribution < 1.29 is 19.4 Å². The highest BCUT2D eigenvalue weighted by atomic mass is 16.5. The summed E-state index contributed by atoms with van der Waals surface area (Å²) in [4.78, 5) is 24.9. The highest BCUT2D eigenvalue weighted by Gasteiger charge is 2.30. The van der Waals surface area contributed by atoms with Gasteiger partial charge in [-0.2, -0.15) is 0 Å². The Kier molecular flexibility index (Phi) is 6.45. The Balaban J connectivity index is 2.55. The fourth-order valence-corrected chi connectivity index (χ4v) is 2.87. The van der Waals surface area contributed by atoms with Crippen LogP contribution >= 0.6 is 0 Å². The Hall–Kier alpha value is -1.30. The molecule has 1 heterocycles. The van der Waals surface area contributed by atoms with Crippen molar-refractivity contribution in [3.63, 3.8) is 0 Å². The molecule has 2 unspecified atom stereocenters. The fourth-order valence-electron chi connectivity index (χ4n) is 2.87. The number of aliphatic carboxylic acids is 1. The molecule has 2 N–H and O–H groups in total. The second kappa shape index (κ2) is 7.64. The number of nitrogens with zero attached hydrogens (tertiary/aromatic N) is 1. The second-order valence-corrected chi connectivity index (χ2v) is 6.67. The average Bonchev–Trinajstić information content (AvgIpc) is 2.37. The number of urea groups is 1. The van der Waals surface area contributed by atoms with E-state index in [1.54, 1.807) is 12.0 Å². The maximum absolute atomic E-state index is 12.3. The minimum Gasteiger partial charge on any atom is -0.481 e. The molecule has 0 aromatic rings. The minimum absolute atomic E-state index is 0.0880. The minimum atomic E-state index is -0.773. The zero-order chi connectivity index (χ0) is 16.0. The average molecular weight is 300 g/mol. The van der Waals surface area contributed by atoms with E-state index >= 15 is 0 Å². The molecule has 6 heteroatoms. The number of carboxylic acid groups (broad SMARTS) is 1. The summed E-state index contributed by atoms with van der Waals surface area (Å²) in [6.45, 7) is 7.60. The van der Waals surface area contributed by atoms with Gasteiger partial charge in [0.2, 0.25) is 0 Å². The van der Waals surface area contributed by atoms with Crippen LogP contribution in [0.25, 0.3) is 0 Å². The molecule has 1 aliphatic heterocycles. The van der Waals surface area contributed by atoms with Gasteiger partial charge in [0.1, 0.15) is 0 Å². The van der Waals surface area contributed by atoms with Gasteiger partial charge in [-0.15, -0.1) is 0 Å². The molecule has 21 heavy (non-hydrogen) atoms. The van der Waals surface area contributed by atoms with Crippen molar-refractivity contribution in [1.82, 2.24) is 10.2 Å². The maximum Gasteiger partial charge on any atom is 0.317 e. The molecule has 0 aromatic carbocycles. The number of carboxylic acids is 1. The zero-order valence-corrected chi connectivity index (χ0v) is 13.5. The normalized spacial score (nSPS) is 21.0. The molecular formula is C15H28N2O4. The predicted molar refractivity (Wildman–Crippen MR) is 80.2 cm³/mol. The molecule has 1 saturated heterocycles. The third-order valence-electron chi connectivity index (χ3n) is 4.00. The van der Waals surface area contributed by atoms with Gasteiger partial charge in [-0.05, 0) is 38.5 Å².